The van der Waals surface area contributed by atoms with Crippen molar-refractivity contribution in [2.75, 3.05) is 13.7 Å². The minimum absolute atomic E-state index is 0.0225. The third-order valence-electron chi connectivity index (χ3n) is 6.85. The first-order chi connectivity index (χ1) is 18.8. The molecule has 40 heavy (non-hydrogen) atoms. The lowest BCUT2D eigenvalue weighted by Crippen LogP contribution is -2.41. The number of benzene rings is 3. The molecule has 6 nitrogen and oxygen atoms in total. The zero-order valence-corrected chi connectivity index (χ0v) is 25.2. The zero-order valence-electron chi connectivity index (χ0n) is 25.2. The molecule has 0 spiro atoms. The van der Waals surface area contributed by atoms with Gasteiger partial charge in [-0.05, 0) is 70.3 Å². The fraction of sp³-hybridized carbons (Fsp3) is 0.412. The van der Waals surface area contributed by atoms with Gasteiger partial charge in [0, 0.05) is 11.1 Å². The fourth-order valence-electron chi connectivity index (χ4n) is 4.19. The van der Waals surface area contributed by atoms with Gasteiger partial charge in [-0.15, -0.1) is 0 Å². The Morgan fingerprint density at radius 3 is 1.60 bits per heavy atom. The third kappa shape index (κ3) is 8.10. The molecule has 0 saturated heterocycles. The van der Waals surface area contributed by atoms with Crippen molar-refractivity contribution in [1.82, 2.24) is 10.6 Å². The summed E-state index contributed by atoms with van der Waals surface area (Å²) in [7, 11) is 1.59. The van der Waals surface area contributed by atoms with E-state index in [0.717, 1.165) is 24.0 Å². The summed E-state index contributed by atoms with van der Waals surface area (Å²) in [6.45, 7) is 15.4. The highest BCUT2D eigenvalue weighted by Gasteiger charge is 2.22. The highest BCUT2D eigenvalue weighted by molar-refractivity contribution is 5.97. The number of rotatable bonds is 10. The van der Waals surface area contributed by atoms with Crippen molar-refractivity contribution in [3.8, 4) is 11.5 Å². The Bertz CT molecular complexity index is 1210. The van der Waals surface area contributed by atoms with Gasteiger partial charge in [-0.3, -0.25) is 9.59 Å². The Hall–Kier alpha value is -3.80. The van der Waals surface area contributed by atoms with Gasteiger partial charge in [0.25, 0.3) is 11.8 Å². The smallest absolute Gasteiger partial charge is 0.253 e. The fourth-order valence-corrected chi connectivity index (χ4v) is 4.19. The van der Waals surface area contributed by atoms with Crippen molar-refractivity contribution in [1.29, 1.82) is 0 Å². The van der Waals surface area contributed by atoms with Gasteiger partial charge >= 0.3 is 0 Å². The van der Waals surface area contributed by atoms with Gasteiger partial charge in [0.1, 0.15) is 6.17 Å². The van der Waals surface area contributed by atoms with Crippen LogP contribution in [0.1, 0.15) is 105 Å². The van der Waals surface area contributed by atoms with E-state index in [2.05, 4.69) is 59.1 Å². The van der Waals surface area contributed by atoms with E-state index in [1.165, 1.54) is 0 Å². The third-order valence-corrected chi connectivity index (χ3v) is 6.85. The van der Waals surface area contributed by atoms with Crippen LogP contribution in [0.2, 0.25) is 0 Å². The van der Waals surface area contributed by atoms with E-state index < -0.39 is 6.17 Å². The van der Waals surface area contributed by atoms with Crippen LogP contribution in [0.5, 0.6) is 11.5 Å². The van der Waals surface area contributed by atoms with Crippen LogP contribution in [0.3, 0.4) is 0 Å². The minimum atomic E-state index is -0.802. The summed E-state index contributed by atoms with van der Waals surface area (Å²) in [5.74, 6) is 0.564. The van der Waals surface area contributed by atoms with Crippen molar-refractivity contribution < 1.29 is 19.1 Å². The normalized spacial score (nSPS) is 11.7. The summed E-state index contributed by atoms with van der Waals surface area (Å²) in [5.41, 5.74) is 3.92. The van der Waals surface area contributed by atoms with Crippen LogP contribution in [0.4, 0.5) is 0 Å². The van der Waals surface area contributed by atoms with Crippen LogP contribution in [0, 0.1) is 0 Å². The van der Waals surface area contributed by atoms with Crippen LogP contribution in [-0.2, 0) is 10.8 Å². The topological polar surface area (TPSA) is 76.7 Å². The van der Waals surface area contributed by atoms with E-state index in [4.69, 9.17) is 9.47 Å². The molecule has 0 saturated carbocycles. The molecule has 0 radical (unpaired) electrons. The highest BCUT2D eigenvalue weighted by Crippen LogP contribution is 2.31. The molecule has 0 atom stereocenters. The van der Waals surface area contributed by atoms with E-state index >= 15 is 0 Å². The Balaban J connectivity index is 1.92. The molecule has 6 heteroatoms. The van der Waals surface area contributed by atoms with Crippen LogP contribution >= 0.6 is 0 Å². The SMILES string of the molecule is CCCCOc1cc(C(NC(=O)c2ccc(C(C)(C)C)cc2)NC(=O)c2ccc(C(C)(C)C)cc2)ccc1OC. The molecule has 3 rings (SSSR count). The molecular weight excluding hydrogens is 500 g/mol. The van der Waals surface area contributed by atoms with Gasteiger partial charge in [-0.1, -0.05) is 85.2 Å². The van der Waals surface area contributed by atoms with Crippen molar-refractivity contribution in [2.45, 2.75) is 78.3 Å². The minimum Gasteiger partial charge on any atom is -0.493 e. The highest BCUT2D eigenvalue weighted by atomic mass is 16.5. The van der Waals surface area contributed by atoms with Crippen LogP contribution in [-0.4, -0.2) is 25.5 Å². The van der Waals surface area contributed by atoms with Gasteiger partial charge in [-0.25, -0.2) is 0 Å². The number of carbonyl (C=O) groups is 2. The Morgan fingerprint density at radius 2 is 1.20 bits per heavy atom. The Labute approximate surface area is 239 Å². The predicted molar refractivity (Wildman–Crippen MR) is 161 cm³/mol. The maximum atomic E-state index is 13.4. The summed E-state index contributed by atoms with van der Waals surface area (Å²) >= 11 is 0. The van der Waals surface area contributed by atoms with Crippen molar-refractivity contribution in [3.63, 3.8) is 0 Å². The van der Waals surface area contributed by atoms with Gasteiger partial charge in [-0.2, -0.15) is 0 Å². The quantitative estimate of drug-likeness (QED) is 0.207. The lowest BCUT2D eigenvalue weighted by molar-refractivity contribution is 0.0883. The maximum absolute atomic E-state index is 13.4. The molecule has 0 aliphatic carbocycles. The second kappa shape index (κ2) is 13.0. The molecule has 0 aliphatic heterocycles. The molecule has 0 unspecified atom stereocenters. The van der Waals surface area contributed by atoms with Crippen LogP contribution in [0.25, 0.3) is 0 Å². The Kier molecular flexibility index (Phi) is 10.0. The van der Waals surface area contributed by atoms with Crippen LogP contribution < -0.4 is 20.1 Å². The monoisotopic (exact) mass is 544 g/mol. The molecular formula is C34H44N2O4. The summed E-state index contributed by atoms with van der Waals surface area (Å²) < 4.78 is 11.5. The van der Waals surface area contributed by atoms with Crippen LogP contribution in [0.15, 0.2) is 66.7 Å². The first-order valence-corrected chi connectivity index (χ1v) is 14.0. The Morgan fingerprint density at radius 1 is 0.725 bits per heavy atom. The average molecular weight is 545 g/mol. The van der Waals surface area contributed by atoms with Gasteiger partial charge in [0.05, 0.1) is 13.7 Å². The molecule has 214 valence electrons. The summed E-state index contributed by atoms with van der Waals surface area (Å²) in [6.07, 6.45) is 1.10. The number of hydrogen-bond acceptors (Lipinski definition) is 4. The second-order valence-corrected chi connectivity index (χ2v) is 12.1. The van der Waals surface area contributed by atoms with E-state index in [0.29, 0.717) is 34.8 Å². The molecule has 0 aliphatic rings. The first-order valence-electron chi connectivity index (χ1n) is 14.0. The summed E-state index contributed by atoms with van der Waals surface area (Å²) in [5, 5.41) is 6.02. The van der Waals surface area contributed by atoms with Crippen molar-refractivity contribution in [3.05, 3.63) is 94.5 Å². The standard InChI is InChI=1S/C34H44N2O4/c1-9-10-21-40-29-22-25(15-20-28(29)39-8)30(35-31(37)23-11-16-26(17-12-23)33(2,3)4)36-32(38)24-13-18-27(19-14-24)34(5,6)7/h11-20,22,30H,9-10,21H2,1-8H3,(H,35,37)(H,36,38). The van der Waals surface area contributed by atoms with E-state index in [1.54, 1.807) is 13.2 Å². The lowest BCUT2D eigenvalue weighted by Gasteiger charge is -2.23. The van der Waals surface area contributed by atoms with E-state index in [9.17, 15) is 9.59 Å². The number of nitrogens with one attached hydrogen (secondary N) is 2. The van der Waals surface area contributed by atoms with Gasteiger partial charge in [0.15, 0.2) is 11.5 Å². The van der Waals surface area contributed by atoms with Crippen molar-refractivity contribution >= 4 is 11.8 Å². The molecule has 2 amide bonds. The molecule has 0 heterocycles. The summed E-state index contributed by atoms with van der Waals surface area (Å²) in [4.78, 5) is 26.7. The number of ether oxygens (including phenoxy) is 2. The number of hydrogen-bond donors (Lipinski definition) is 2. The van der Waals surface area contributed by atoms with Gasteiger partial charge < -0.3 is 20.1 Å². The number of methoxy groups -OCH3 is 1. The molecule has 3 aromatic rings. The number of amides is 2. The van der Waals surface area contributed by atoms with Gasteiger partial charge in [0.2, 0.25) is 0 Å². The van der Waals surface area contributed by atoms with E-state index in [1.807, 2.05) is 60.7 Å². The summed E-state index contributed by atoms with van der Waals surface area (Å²) in [6, 6.07) is 20.5. The second-order valence-electron chi connectivity index (χ2n) is 12.1. The molecule has 0 bridgehead atoms. The molecule has 0 fully saturated rings. The first kappa shape index (κ1) is 30.7. The predicted octanol–water partition coefficient (Wildman–Crippen LogP) is 7.33. The number of unbranched alkanes of at least 4 members (excludes halogenated alkanes) is 1. The average Bonchev–Trinajstić information content (AvgIpc) is 2.92. The molecule has 0 aromatic heterocycles. The zero-order chi connectivity index (χ0) is 29.5. The van der Waals surface area contributed by atoms with E-state index in [-0.39, 0.29) is 22.6 Å². The lowest BCUT2D eigenvalue weighted by atomic mass is 9.86. The molecule has 2 N–H and O–H groups in total. The molecule has 3 aromatic carbocycles. The number of carbonyl (C=O) groups excluding carboxylic acids is 2. The maximum Gasteiger partial charge on any atom is 0.253 e. The largest absolute Gasteiger partial charge is 0.493 e. The van der Waals surface area contributed by atoms with Crippen molar-refractivity contribution in [2.24, 2.45) is 0 Å².